The summed E-state index contributed by atoms with van der Waals surface area (Å²) < 4.78 is 0. The molecule has 1 aromatic carbocycles. The Morgan fingerprint density at radius 2 is 2.12 bits per heavy atom. The number of nitrogens with zero attached hydrogens (tertiary/aromatic N) is 2. The number of rotatable bonds is 5. The number of nitriles is 1. The van der Waals surface area contributed by atoms with E-state index in [9.17, 15) is 0 Å². The predicted octanol–water partition coefficient (Wildman–Crippen LogP) is 3.84. The van der Waals surface area contributed by atoms with Crippen molar-refractivity contribution in [1.29, 1.82) is 5.26 Å². The third-order valence-corrected chi connectivity index (χ3v) is 2.91. The van der Waals surface area contributed by atoms with E-state index in [1.54, 1.807) is 6.07 Å². The van der Waals surface area contributed by atoms with Crippen LogP contribution in [0.3, 0.4) is 0 Å². The lowest BCUT2D eigenvalue weighted by Crippen LogP contribution is -2.23. The van der Waals surface area contributed by atoms with Crippen molar-refractivity contribution in [3.05, 3.63) is 28.8 Å². The summed E-state index contributed by atoms with van der Waals surface area (Å²) in [5, 5.41) is 9.34. The van der Waals surface area contributed by atoms with Gasteiger partial charge in [-0.25, -0.2) is 0 Å². The lowest BCUT2D eigenvalue weighted by molar-refractivity contribution is 0.732. The smallest absolute Gasteiger partial charge is 0.101 e. The molecule has 0 aromatic heterocycles. The van der Waals surface area contributed by atoms with E-state index < -0.39 is 0 Å². The van der Waals surface area contributed by atoms with Crippen molar-refractivity contribution >= 4 is 17.3 Å². The molecule has 0 N–H and O–H groups in total. The highest BCUT2D eigenvalue weighted by atomic mass is 35.5. The number of anilines is 1. The first-order valence-electron chi connectivity index (χ1n) is 5.67. The number of benzene rings is 1. The van der Waals surface area contributed by atoms with Crippen LogP contribution in [0, 0.1) is 11.3 Å². The monoisotopic (exact) mass is 236 g/mol. The Balaban J connectivity index is 2.86. The maximum absolute atomic E-state index is 8.80. The van der Waals surface area contributed by atoms with Gasteiger partial charge in [0, 0.05) is 18.8 Å². The van der Waals surface area contributed by atoms with E-state index in [-0.39, 0.29) is 0 Å². The molecule has 0 spiro atoms. The molecule has 0 saturated heterocycles. The molecule has 16 heavy (non-hydrogen) atoms. The van der Waals surface area contributed by atoms with E-state index >= 15 is 0 Å². The Kier molecular flexibility index (Phi) is 5.14. The molecule has 0 bridgehead atoms. The minimum atomic E-state index is 0.537. The molecule has 0 aliphatic rings. The summed E-state index contributed by atoms with van der Waals surface area (Å²) in [5.41, 5.74) is 1.64. The van der Waals surface area contributed by atoms with Crippen LogP contribution in [0.1, 0.15) is 32.3 Å². The Morgan fingerprint density at radius 1 is 1.38 bits per heavy atom. The van der Waals surface area contributed by atoms with E-state index in [4.69, 9.17) is 16.9 Å². The van der Waals surface area contributed by atoms with Crippen molar-refractivity contribution in [2.45, 2.75) is 26.7 Å². The highest BCUT2D eigenvalue weighted by Gasteiger charge is 2.06. The van der Waals surface area contributed by atoms with Crippen LogP contribution in [-0.2, 0) is 0 Å². The Bertz CT molecular complexity index is 382. The van der Waals surface area contributed by atoms with Crippen molar-refractivity contribution in [1.82, 2.24) is 0 Å². The SMILES string of the molecule is CCCCN(CC)c1ccc(C#N)c(Cl)c1. The van der Waals surface area contributed by atoms with Crippen molar-refractivity contribution in [3.63, 3.8) is 0 Å². The first kappa shape index (κ1) is 12.9. The first-order valence-corrected chi connectivity index (χ1v) is 6.05. The minimum Gasteiger partial charge on any atom is -0.372 e. The second-order valence-corrected chi connectivity index (χ2v) is 4.12. The molecule has 3 heteroatoms. The van der Waals surface area contributed by atoms with Gasteiger partial charge in [-0.3, -0.25) is 0 Å². The van der Waals surface area contributed by atoms with Gasteiger partial charge in [0.25, 0.3) is 0 Å². The van der Waals surface area contributed by atoms with Crippen LogP contribution in [0.25, 0.3) is 0 Å². The van der Waals surface area contributed by atoms with Gasteiger partial charge in [-0.2, -0.15) is 5.26 Å². The zero-order chi connectivity index (χ0) is 12.0. The van der Waals surface area contributed by atoms with Crippen LogP contribution in [0.2, 0.25) is 5.02 Å². The molecule has 86 valence electrons. The second kappa shape index (κ2) is 6.40. The molecule has 1 rings (SSSR count). The van der Waals surface area contributed by atoms with Gasteiger partial charge < -0.3 is 4.90 Å². The average Bonchev–Trinajstić information content (AvgIpc) is 2.30. The highest BCUT2D eigenvalue weighted by molar-refractivity contribution is 6.32. The summed E-state index contributed by atoms with van der Waals surface area (Å²) in [5.74, 6) is 0. The van der Waals surface area contributed by atoms with Crippen molar-refractivity contribution in [3.8, 4) is 6.07 Å². The summed E-state index contributed by atoms with van der Waals surface area (Å²) in [6, 6.07) is 7.69. The Morgan fingerprint density at radius 3 is 2.62 bits per heavy atom. The minimum absolute atomic E-state index is 0.537. The van der Waals surface area contributed by atoms with Crippen molar-refractivity contribution < 1.29 is 0 Å². The summed E-state index contributed by atoms with van der Waals surface area (Å²) in [6.45, 7) is 6.30. The van der Waals surface area contributed by atoms with Gasteiger partial charge in [-0.05, 0) is 31.5 Å². The third-order valence-electron chi connectivity index (χ3n) is 2.60. The lowest BCUT2D eigenvalue weighted by atomic mass is 10.2. The standard InChI is InChI=1S/C13H17ClN2/c1-3-5-8-16(4-2)12-7-6-11(10-15)13(14)9-12/h6-7,9H,3-5,8H2,1-2H3. The van der Waals surface area contributed by atoms with Crippen LogP contribution in [-0.4, -0.2) is 13.1 Å². The van der Waals surface area contributed by atoms with Gasteiger partial charge in [0.15, 0.2) is 0 Å². The molecular formula is C13H17ClN2. The molecule has 0 fully saturated rings. The van der Waals surface area contributed by atoms with Crippen LogP contribution >= 0.6 is 11.6 Å². The molecule has 0 amide bonds. The summed E-state index contributed by atoms with van der Waals surface area (Å²) in [7, 11) is 0. The molecule has 0 aliphatic heterocycles. The molecule has 2 nitrogen and oxygen atoms in total. The van der Waals surface area contributed by atoms with Gasteiger partial charge in [-0.1, -0.05) is 24.9 Å². The van der Waals surface area contributed by atoms with Gasteiger partial charge in [0.1, 0.15) is 6.07 Å². The highest BCUT2D eigenvalue weighted by Crippen LogP contribution is 2.23. The van der Waals surface area contributed by atoms with E-state index in [2.05, 4.69) is 24.8 Å². The van der Waals surface area contributed by atoms with Crippen LogP contribution in [0.4, 0.5) is 5.69 Å². The van der Waals surface area contributed by atoms with E-state index in [1.807, 2.05) is 12.1 Å². The van der Waals surface area contributed by atoms with Crippen LogP contribution < -0.4 is 4.90 Å². The predicted molar refractivity (Wildman–Crippen MR) is 69.0 cm³/mol. The fourth-order valence-electron chi connectivity index (χ4n) is 1.61. The van der Waals surface area contributed by atoms with Gasteiger partial charge >= 0.3 is 0 Å². The zero-order valence-corrected chi connectivity index (χ0v) is 10.6. The third kappa shape index (κ3) is 3.15. The maximum Gasteiger partial charge on any atom is 0.101 e. The Hall–Kier alpha value is -1.20. The molecule has 1 aromatic rings. The lowest BCUT2D eigenvalue weighted by Gasteiger charge is -2.23. The molecule has 0 heterocycles. The fraction of sp³-hybridized carbons (Fsp3) is 0.462. The van der Waals surface area contributed by atoms with Crippen molar-refractivity contribution in [2.75, 3.05) is 18.0 Å². The second-order valence-electron chi connectivity index (χ2n) is 3.71. The largest absolute Gasteiger partial charge is 0.372 e. The number of unbranched alkanes of at least 4 members (excludes halogenated alkanes) is 1. The molecular weight excluding hydrogens is 220 g/mol. The van der Waals surface area contributed by atoms with E-state index in [0.717, 1.165) is 18.8 Å². The summed E-state index contributed by atoms with van der Waals surface area (Å²) in [4.78, 5) is 2.27. The zero-order valence-electron chi connectivity index (χ0n) is 9.83. The maximum atomic E-state index is 8.80. The summed E-state index contributed by atoms with van der Waals surface area (Å²) in [6.07, 6.45) is 2.35. The van der Waals surface area contributed by atoms with Crippen LogP contribution in [0.5, 0.6) is 0 Å². The quantitative estimate of drug-likeness (QED) is 0.777. The van der Waals surface area contributed by atoms with Gasteiger partial charge in [0.2, 0.25) is 0 Å². The van der Waals surface area contributed by atoms with E-state index in [0.29, 0.717) is 10.6 Å². The molecule has 0 atom stereocenters. The average molecular weight is 237 g/mol. The number of hydrogen-bond donors (Lipinski definition) is 0. The molecule has 0 aliphatic carbocycles. The number of hydrogen-bond acceptors (Lipinski definition) is 2. The topological polar surface area (TPSA) is 27.0 Å². The van der Waals surface area contributed by atoms with Gasteiger partial charge in [-0.15, -0.1) is 0 Å². The normalized spacial score (nSPS) is 9.88. The number of halogens is 1. The molecule has 0 radical (unpaired) electrons. The molecule has 0 saturated carbocycles. The fourth-order valence-corrected chi connectivity index (χ4v) is 1.83. The summed E-state index contributed by atoms with van der Waals surface area (Å²) >= 11 is 6.02. The van der Waals surface area contributed by atoms with Crippen LogP contribution in [0.15, 0.2) is 18.2 Å². The first-order chi connectivity index (χ1) is 7.72. The van der Waals surface area contributed by atoms with Crippen molar-refractivity contribution in [2.24, 2.45) is 0 Å². The van der Waals surface area contributed by atoms with E-state index in [1.165, 1.54) is 12.8 Å². The van der Waals surface area contributed by atoms with Gasteiger partial charge in [0.05, 0.1) is 10.6 Å². The Labute approximate surface area is 102 Å². The molecule has 0 unspecified atom stereocenters.